The van der Waals surface area contributed by atoms with Crippen LogP contribution in [-0.4, -0.2) is 16.5 Å². The maximum atomic E-state index is 5.52. The first-order valence-electron chi connectivity index (χ1n) is 3.14. The summed E-state index contributed by atoms with van der Waals surface area (Å²) in [4.78, 5) is 7.67. The summed E-state index contributed by atoms with van der Waals surface area (Å²) in [5, 5.41) is 3.00. The van der Waals surface area contributed by atoms with Gasteiger partial charge >= 0.3 is 0 Å². The van der Waals surface area contributed by atoms with Crippen molar-refractivity contribution < 1.29 is 0 Å². The molecule has 0 aliphatic rings. The van der Waals surface area contributed by atoms with Gasteiger partial charge < -0.3 is 11.1 Å². The Morgan fingerprint density at radius 2 is 2.50 bits per heavy atom. The highest BCUT2D eigenvalue weighted by Crippen LogP contribution is 2.09. The van der Waals surface area contributed by atoms with Crippen LogP contribution in [0.25, 0.3) is 0 Å². The summed E-state index contributed by atoms with van der Waals surface area (Å²) in [5.41, 5.74) is 6.11. The zero-order valence-corrected chi connectivity index (χ0v) is 5.83. The van der Waals surface area contributed by atoms with Gasteiger partial charge in [-0.3, -0.25) is 0 Å². The molecule has 54 valence electrons. The van der Waals surface area contributed by atoms with Gasteiger partial charge in [0, 0.05) is 6.54 Å². The van der Waals surface area contributed by atoms with Gasteiger partial charge in [-0.1, -0.05) is 0 Å². The van der Waals surface area contributed by atoms with Crippen molar-refractivity contribution in [3.05, 3.63) is 12.5 Å². The van der Waals surface area contributed by atoms with Gasteiger partial charge in [0.1, 0.15) is 6.33 Å². The van der Waals surface area contributed by atoms with Gasteiger partial charge in [-0.2, -0.15) is 0 Å². The highest BCUT2D eigenvalue weighted by atomic mass is 15.0. The van der Waals surface area contributed by atoms with E-state index in [9.17, 15) is 0 Å². The summed E-state index contributed by atoms with van der Waals surface area (Å²) in [5.74, 6) is 0.706. The maximum absolute atomic E-state index is 5.52. The van der Waals surface area contributed by atoms with Crippen LogP contribution in [0.4, 0.5) is 11.5 Å². The number of anilines is 2. The van der Waals surface area contributed by atoms with E-state index in [-0.39, 0.29) is 0 Å². The molecule has 0 amide bonds. The minimum absolute atomic E-state index is 0.587. The van der Waals surface area contributed by atoms with E-state index in [4.69, 9.17) is 5.73 Å². The molecule has 0 unspecified atom stereocenters. The van der Waals surface area contributed by atoms with Gasteiger partial charge in [-0.15, -0.1) is 0 Å². The second kappa shape index (κ2) is 3.00. The van der Waals surface area contributed by atoms with Gasteiger partial charge in [-0.25, -0.2) is 9.97 Å². The monoisotopic (exact) mass is 138 g/mol. The maximum Gasteiger partial charge on any atom is 0.152 e. The lowest BCUT2D eigenvalue weighted by Crippen LogP contribution is -2.03. The molecule has 0 bridgehead atoms. The number of nitrogen functional groups attached to an aromatic ring is 1. The number of hydrogen-bond acceptors (Lipinski definition) is 4. The van der Waals surface area contributed by atoms with Crippen LogP contribution in [0, 0.1) is 0 Å². The van der Waals surface area contributed by atoms with Crippen LogP contribution in [0.15, 0.2) is 12.5 Å². The Balaban J connectivity index is 2.81. The molecule has 0 spiro atoms. The molecule has 1 rings (SSSR count). The van der Waals surface area contributed by atoms with Gasteiger partial charge in [0.05, 0.1) is 11.9 Å². The first-order chi connectivity index (χ1) is 4.84. The molecule has 0 saturated carbocycles. The quantitative estimate of drug-likeness (QED) is 0.624. The summed E-state index contributed by atoms with van der Waals surface area (Å²) in [6.07, 6.45) is 3.04. The lowest BCUT2D eigenvalue weighted by Gasteiger charge is -2.02. The van der Waals surface area contributed by atoms with Crippen molar-refractivity contribution in [3.8, 4) is 0 Å². The van der Waals surface area contributed by atoms with Crippen LogP contribution in [-0.2, 0) is 0 Å². The summed E-state index contributed by atoms with van der Waals surface area (Å²) in [6.45, 7) is 2.81. The largest absolute Gasteiger partial charge is 0.394 e. The third kappa shape index (κ3) is 1.34. The van der Waals surface area contributed by atoms with Crippen molar-refractivity contribution in [2.75, 3.05) is 17.6 Å². The first kappa shape index (κ1) is 6.80. The van der Waals surface area contributed by atoms with E-state index >= 15 is 0 Å². The molecule has 1 heterocycles. The zero-order chi connectivity index (χ0) is 7.40. The molecule has 0 saturated heterocycles. The first-order valence-corrected chi connectivity index (χ1v) is 3.14. The van der Waals surface area contributed by atoms with Crippen LogP contribution in [0.5, 0.6) is 0 Å². The third-order valence-electron chi connectivity index (χ3n) is 1.08. The molecule has 10 heavy (non-hydrogen) atoms. The van der Waals surface area contributed by atoms with Crippen molar-refractivity contribution in [1.29, 1.82) is 0 Å². The topological polar surface area (TPSA) is 63.8 Å². The van der Waals surface area contributed by atoms with E-state index in [0.717, 1.165) is 6.54 Å². The number of nitrogens with two attached hydrogens (primary N) is 1. The van der Waals surface area contributed by atoms with E-state index < -0.39 is 0 Å². The van der Waals surface area contributed by atoms with E-state index in [1.165, 1.54) is 6.33 Å². The Morgan fingerprint density at radius 3 is 3.10 bits per heavy atom. The lowest BCUT2D eigenvalue weighted by molar-refractivity contribution is 1.11. The molecule has 1 aromatic rings. The Bertz CT molecular complexity index is 211. The van der Waals surface area contributed by atoms with Crippen LogP contribution in [0.1, 0.15) is 6.92 Å². The molecule has 3 N–H and O–H groups in total. The van der Waals surface area contributed by atoms with Crippen molar-refractivity contribution in [3.63, 3.8) is 0 Å². The summed E-state index contributed by atoms with van der Waals surface area (Å²) < 4.78 is 0. The SMILES string of the molecule is CCNc1ncncc1N. The molecule has 4 nitrogen and oxygen atoms in total. The van der Waals surface area contributed by atoms with Gasteiger partial charge in [0.25, 0.3) is 0 Å². The van der Waals surface area contributed by atoms with Crippen LogP contribution in [0.3, 0.4) is 0 Å². The van der Waals surface area contributed by atoms with Crippen molar-refractivity contribution >= 4 is 11.5 Å². The number of hydrogen-bond donors (Lipinski definition) is 2. The Morgan fingerprint density at radius 1 is 1.70 bits per heavy atom. The minimum atomic E-state index is 0.587. The average molecular weight is 138 g/mol. The predicted molar refractivity (Wildman–Crippen MR) is 40.6 cm³/mol. The Labute approximate surface area is 59.5 Å². The molecule has 0 fully saturated rings. The van der Waals surface area contributed by atoms with E-state index in [2.05, 4.69) is 15.3 Å². The average Bonchev–Trinajstić information content (AvgIpc) is 1.94. The van der Waals surface area contributed by atoms with Gasteiger partial charge in [0.15, 0.2) is 5.82 Å². The number of aromatic nitrogens is 2. The molecule has 0 aliphatic carbocycles. The van der Waals surface area contributed by atoms with Crippen molar-refractivity contribution in [2.45, 2.75) is 6.92 Å². The van der Waals surface area contributed by atoms with E-state index in [1.807, 2.05) is 6.92 Å². The fourth-order valence-corrected chi connectivity index (χ4v) is 0.656. The molecule has 1 aromatic heterocycles. The van der Waals surface area contributed by atoms with E-state index in [0.29, 0.717) is 11.5 Å². The smallest absolute Gasteiger partial charge is 0.152 e. The number of rotatable bonds is 2. The molecular weight excluding hydrogens is 128 g/mol. The van der Waals surface area contributed by atoms with Crippen LogP contribution >= 0.6 is 0 Å². The molecular formula is C6H10N4. The Kier molecular flexibility index (Phi) is 2.04. The summed E-state index contributed by atoms with van der Waals surface area (Å²) in [7, 11) is 0. The molecule has 0 aromatic carbocycles. The molecule has 0 aliphatic heterocycles. The zero-order valence-electron chi connectivity index (χ0n) is 5.83. The molecule has 0 atom stereocenters. The Hall–Kier alpha value is -1.32. The molecule has 0 radical (unpaired) electrons. The fraction of sp³-hybridized carbons (Fsp3) is 0.333. The third-order valence-corrected chi connectivity index (χ3v) is 1.08. The van der Waals surface area contributed by atoms with Crippen molar-refractivity contribution in [2.24, 2.45) is 0 Å². The normalized spacial score (nSPS) is 9.30. The fourth-order valence-electron chi connectivity index (χ4n) is 0.656. The number of nitrogens with zero attached hydrogens (tertiary/aromatic N) is 2. The summed E-state index contributed by atoms with van der Waals surface area (Å²) in [6, 6.07) is 0. The standard InChI is InChI=1S/C6H10N4/c1-2-9-6-5(7)3-8-4-10-6/h3-4H,2,7H2,1H3,(H,8,9,10). The van der Waals surface area contributed by atoms with Gasteiger partial charge in [0.2, 0.25) is 0 Å². The second-order valence-corrected chi connectivity index (χ2v) is 1.86. The second-order valence-electron chi connectivity index (χ2n) is 1.86. The summed E-state index contributed by atoms with van der Waals surface area (Å²) >= 11 is 0. The van der Waals surface area contributed by atoms with Crippen LogP contribution in [0.2, 0.25) is 0 Å². The number of nitrogens with one attached hydrogen (secondary N) is 1. The van der Waals surface area contributed by atoms with Crippen molar-refractivity contribution in [1.82, 2.24) is 9.97 Å². The van der Waals surface area contributed by atoms with Gasteiger partial charge in [-0.05, 0) is 6.92 Å². The lowest BCUT2D eigenvalue weighted by atomic mass is 10.5. The molecule has 4 heteroatoms. The minimum Gasteiger partial charge on any atom is -0.394 e. The van der Waals surface area contributed by atoms with E-state index in [1.54, 1.807) is 6.20 Å². The predicted octanol–water partition coefficient (Wildman–Crippen LogP) is 0.491. The van der Waals surface area contributed by atoms with Crippen LogP contribution < -0.4 is 11.1 Å². The highest BCUT2D eigenvalue weighted by molar-refractivity contribution is 5.58. The highest BCUT2D eigenvalue weighted by Gasteiger charge is 1.94.